The zero-order chi connectivity index (χ0) is 12.3. The van der Waals surface area contributed by atoms with Crippen LogP contribution in [0.4, 0.5) is 0 Å². The van der Waals surface area contributed by atoms with Crippen molar-refractivity contribution in [3.63, 3.8) is 0 Å². The van der Waals surface area contributed by atoms with Crippen molar-refractivity contribution in [2.75, 3.05) is 13.1 Å². The Kier molecular flexibility index (Phi) is 3.80. The predicted octanol–water partition coefficient (Wildman–Crippen LogP) is 0.00240. The molecule has 1 aromatic rings. The van der Waals surface area contributed by atoms with Crippen molar-refractivity contribution in [2.45, 2.75) is 37.3 Å². The molecular weight excluding hydrogens is 240 g/mol. The van der Waals surface area contributed by atoms with Gasteiger partial charge in [0.25, 0.3) is 10.0 Å². The lowest BCUT2D eigenvalue weighted by Gasteiger charge is -2.23. The summed E-state index contributed by atoms with van der Waals surface area (Å²) in [6.45, 7) is 3.57. The van der Waals surface area contributed by atoms with E-state index in [-0.39, 0.29) is 11.1 Å². The lowest BCUT2D eigenvalue weighted by Crippen LogP contribution is -2.45. The molecule has 7 heteroatoms. The summed E-state index contributed by atoms with van der Waals surface area (Å²) in [5.74, 6) is 0.687. The van der Waals surface area contributed by atoms with Crippen LogP contribution in [0, 0.1) is 0 Å². The summed E-state index contributed by atoms with van der Waals surface area (Å²) < 4.78 is 26.7. The number of H-pyrrole nitrogens is 1. The standard InChI is InChI=1S/C10H18N4O2S/c1-2-9-12-7-10(13-9)17(15,16)14-8-4-3-5-11-6-8/h7-8,11,14H,2-6H2,1H3,(H,12,13)/t8-/m0/s1. The fraction of sp³-hybridized carbons (Fsp3) is 0.700. The average molecular weight is 258 g/mol. The first-order valence-corrected chi connectivity index (χ1v) is 7.37. The number of hydrogen-bond donors (Lipinski definition) is 3. The number of aromatic amines is 1. The minimum atomic E-state index is -3.46. The Labute approximate surface area is 101 Å². The minimum absolute atomic E-state index is 0.0258. The number of piperidine rings is 1. The second kappa shape index (κ2) is 5.16. The first kappa shape index (κ1) is 12.5. The number of nitrogens with one attached hydrogen (secondary N) is 3. The van der Waals surface area contributed by atoms with Gasteiger partial charge in [0.05, 0.1) is 6.20 Å². The monoisotopic (exact) mass is 258 g/mol. The molecule has 0 amide bonds. The Bertz CT molecular complexity index is 462. The summed E-state index contributed by atoms with van der Waals surface area (Å²) >= 11 is 0. The van der Waals surface area contributed by atoms with Crippen molar-refractivity contribution in [1.82, 2.24) is 20.0 Å². The molecular formula is C10H18N4O2S. The van der Waals surface area contributed by atoms with E-state index in [1.807, 2.05) is 6.92 Å². The largest absolute Gasteiger partial charge is 0.332 e. The quantitative estimate of drug-likeness (QED) is 0.709. The van der Waals surface area contributed by atoms with Gasteiger partial charge in [0.15, 0.2) is 5.03 Å². The van der Waals surface area contributed by atoms with E-state index in [1.54, 1.807) is 0 Å². The van der Waals surface area contributed by atoms with Gasteiger partial charge in [0.2, 0.25) is 0 Å². The lowest BCUT2D eigenvalue weighted by atomic mass is 10.1. The fourth-order valence-electron chi connectivity index (χ4n) is 1.89. The second-order valence-corrected chi connectivity index (χ2v) is 5.89. The van der Waals surface area contributed by atoms with Crippen molar-refractivity contribution >= 4 is 10.0 Å². The SMILES string of the molecule is CCc1ncc(S(=O)(=O)N[C@H]2CCCNC2)[nH]1. The van der Waals surface area contributed by atoms with Crippen LogP contribution in [0.1, 0.15) is 25.6 Å². The fourth-order valence-corrected chi connectivity index (χ4v) is 3.11. The Morgan fingerprint density at radius 3 is 3.00 bits per heavy atom. The van der Waals surface area contributed by atoms with Crippen molar-refractivity contribution in [1.29, 1.82) is 0 Å². The number of hydrogen-bond acceptors (Lipinski definition) is 4. The van der Waals surface area contributed by atoms with E-state index in [0.29, 0.717) is 18.8 Å². The second-order valence-electron chi connectivity index (χ2n) is 4.21. The number of aromatic nitrogens is 2. The molecule has 2 rings (SSSR count). The van der Waals surface area contributed by atoms with E-state index < -0.39 is 10.0 Å². The molecule has 0 bridgehead atoms. The van der Waals surface area contributed by atoms with Crippen molar-refractivity contribution in [2.24, 2.45) is 0 Å². The highest BCUT2D eigenvalue weighted by atomic mass is 32.2. The van der Waals surface area contributed by atoms with Gasteiger partial charge in [-0.25, -0.2) is 18.1 Å². The predicted molar refractivity (Wildman–Crippen MR) is 64.2 cm³/mol. The molecule has 0 saturated carbocycles. The lowest BCUT2D eigenvalue weighted by molar-refractivity contribution is 0.428. The van der Waals surface area contributed by atoms with E-state index in [4.69, 9.17) is 0 Å². The van der Waals surface area contributed by atoms with Crippen LogP contribution in [0.15, 0.2) is 11.2 Å². The van der Waals surface area contributed by atoms with Crippen LogP contribution in [-0.4, -0.2) is 37.5 Å². The molecule has 0 aliphatic carbocycles. The van der Waals surface area contributed by atoms with Crippen molar-refractivity contribution < 1.29 is 8.42 Å². The van der Waals surface area contributed by atoms with E-state index in [1.165, 1.54) is 6.20 Å². The normalized spacial score (nSPS) is 21.6. The van der Waals surface area contributed by atoms with E-state index >= 15 is 0 Å². The van der Waals surface area contributed by atoms with E-state index in [9.17, 15) is 8.42 Å². The van der Waals surface area contributed by atoms with Gasteiger partial charge >= 0.3 is 0 Å². The van der Waals surface area contributed by atoms with E-state index in [0.717, 1.165) is 19.4 Å². The van der Waals surface area contributed by atoms with E-state index in [2.05, 4.69) is 20.0 Å². The molecule has 0 unspecified atom stereocenters. The van der Waals surface area contributed by atoms with Crippen LogP contribution in [0.3, 0.4) is 0 Å². The summed E-state index contributed by atoms with van der Waals surface area (Å²) in [5.41, 5.74) is 0. The summed E-state index contributed by atoms with van der Waals surface area (Å²) in [4.78, 5) is 6.81. The van der Waals surface area contributed by atoms with Crippen LogP contribution in [0.5, 0.6) is 0 Å². The molecule has 3 N–H and O–H groups in total. The van der Waals surface area contributed by atoms with Gasteiger partial charge < -0.3 is 10.3 Å². The minimum Gasteiger partial charge on any atom is -0.332 e. The first-order chi connectivity index (χ1) is 8.12. The molecule has 1 fully saturated rings. The van der Waals surface area contributed by atoms with Gasteiger partial charge in [-0.15, -0.1) is 0 Å². The third-order valence-corrected chi connectivity index (χ3v) is 4.28. The number of imidazole rings is 1. The molecule has 96 valence electrons. The molecule has 2 heterocycles. The Hall–Kier alpha value is -0.920. The zero-order valence-corrected chi connectivity index (χ0v) is 10.7. The number of rotatable bonds is 4. The number of nitrogens with zero attached hydrogens (tertiary/aromatic N) is 1. The highest BCUT2D eigenvalue weighted by Crippen LogP contribution is 2.09. The van der Waals surface area contributed by atoms with Crippen LogP contribution >= 0.6 is 0 Å². The molecule has 1 saturated heterocycles. The average Bonchev–Trinajstić information content (AvgIpc) is 2.79. The Balaban J connectivity index is 2.07. The number of sulfonamides is 1. The highest BCUT2D eigenvalue weighted by Gasteiger charge is 2.23. The topological polar surface area (TPSA) is 86.9 Å². The van der Waals surface area contributed by atoms with Crippen LogP contribution in [-0.2, 0) is 16.4 Å². The molecule has 0 spiro atoms. The van der Waals surface area contributed by atoms with Gasteiger partial charge in [0.1, 0.15) is 5.82 Å². The molecule has 1 aromatic heterocycles. The summed E-state index contributed by atoms with van der Waals surface area (Å²) in [7, 11) is -3.46. The maximum atomic E-state index is 12.0. The molecule has 0 aromatic carbocycles. The van der Waals surface area contributed by atoms with Gasteiger partial charge in [-0.3, -0.25) is 0 Å². The van der Waals surface area contributed by atoms with Crippen LogP contribution in [0.25, 0.3) is 0 Å². The third-order valence-electron chi connectivity index (χ3n) is 2.85. The first-order valence-electron chi connectivity index (χ1n) is 5.89. The van der Waals surface area contributed by atoms with Gasteiger partial charge in [0, 0.05) is 19.0 Å². The van der Waals surface area contributed by atoms with Gasteiger partial charge in [-0.05, 0) is 19.4 Å². The third kappa shape index (κ3) is 3.05. The number of aryl methyl sites for hydroxylation is 1. The molecule has 1 aliphatic rings. The van der Waals surface area contributed by atoms with Crippen LogP contribution in [0.2, 0.25) is 0 Å². The molecule has 1 atom stereocenters. The van der Waals surface area contributed by atoms with Crippen molar-refractivity contribution in [3.05, 3.63) is 12.0 Å². The molecule has 1 aliphatic heterocycles. The van der Waals surface area contributed by atoms with Gasteiger partial charge in [-0.2, -0.15) is 0 Å². The molecule has 17 heavy (non-hydrogen) atoms. The summed E-state index contributed by atoms with van der Waals surface area (Å²) in [6, 6.07) is -0.0258. The van der Waals surface area contributed by atoms with Gasteiger partial charge in [-0.1, -0.05) is 6.92 Å². The molecule has 6 nitrogen and oxygen atoms in total. The van der Waals surface area contributed by atoms with Crippen molar-refractivity contribution in [3.8, 4) is 0 Å². The summed E-state index contributed by atoms with van der Waals surface area (Å²) in [6.07, 6.45) is 3.94. The maximum absolute atomic E-state index is 12.0. The zero-order valence-electron chi connectivity index (χ0n) is 9.86. The smallest absolute Gasteiger partial charge is 0.257 e. The Morgan fingerprint density at radius 2 is 2.41 bits per heavy atom. The van der Waals surface area contributed by atoms with Crippen LogP contribution < -0.4 is 10.0 Å². The Morgan fingerprint density at radius 1 is 1.59 bits per heavy atom. The molecule has 0 radical (unpaired) electrons. The summed E-state index contributed by atoms with van der Waals surface area (Å²) in [5, 5.41) is 3.33. The maximum Gasteiger partial charge on any atom is 0.257 e. The highest BCUT2D eigenvalue weighted by molar-refractivity contribution is 7.89.